The van der Waals surface area contributed by atoms with Crippen LogP contribution in [0.15, 0.2) is 188 Å². The number of rotatable bonds is 6. The number of pyridine rings is 1. The van der Waals surface area contributed by atoms with Crippen molar-refractivity contribution in [1.29, 1.82) is 0 Å². The molecule has 0 N–H and O–H groups in total. The molecule has 0 fully saturated rings. The van der Waals surface area contributed by atoms with Gasteiger partial charge >= 0.3 is 0 Å². The smallest absolute Gasteiger partial charge is 0.160 e. The van der Waals surface area contributed by atoms with E-state index in [4.69, 9.17) is 9.97 Å². The lowest BCUT2D eigenvalue weighted by Gasteiger charge is -2.14. The van der Waals surface area contributed by atoms with E-state index in [0.717, 1.165) is 44.9 Å². The summed E-state index contributed by atoms with van der Waals surface area (Å²) in [6, 6.07) is 64.3. The summed E-state index contributed by atoms with van der Waals surface area (Å²) in [5.41, 5.74) is 11.5. The van der Waals surface area contributed by atoms with Gasteiger partial charge in [0.2, 0.25) is 0 Å². The number of hydrogen-bond acceptors (Lipinski definition) is 3. The molecule has 10 rings (SSSR count). The molecule has 0 saturated carbocycles. The highest BCUT2D eigenvalue weighted by Gasteiger charge is 2.15. The van der Waals surface area contributed by atoms with Crippen LogP contribution in [0.25, 0.3) is 99.7 Å². The second-order valence-electron chi connectivity index (χ2n) is 13.2. The Kier molecular flexibility index (Phi) is 7.14. The first kappa shape index (κ1) is 29.9. The van der Waals surface area contributed by atoms with Crippen molar-refractivity contribution in [2.24, 2.45) is 0 Å². The Morgan fingerprint density at radius 3 is 1.60 bits per heavy atom. The molecule has 3 heteroatoms. The van der Waals surface area contributed by atoms with Crippen molar-refractivity contribution in [3.8, 4) is 67.4 Å². The van der Waals surface area contributed by atoms with Gasteiger partial charge in [0.25, 0.3) is 0 Å². The fourth-order valence-electron chi connectivity index (χ4n) is 7.56. The summed E-state index contributed by atoms with van der Waals surface area (Å²) < 4.78 is 0. The fourth-order valence-corrected chi connectivity index (χ4v) is 7.56. The maximum atomic E-state index is 5.09. The highest BCUT2D eigenvalue weighted by Crippen LogP contribution is 2.40. The minimum absolute atomic E-state index is 0.690. The van der Waals surface area contributed by atoms with Crippen LogP contribution < -0.4 is 0 Å². The van der Waals surface area contributed by atoms with Gasteiger partial charge in [-0.05, 0) is 72.8 Å². The van der Waals surface area contributed by atoms with Gasteiger partial charge in [0.05, 0.1) is 17.1 Å². The van der Waals surface area contributed by atoms with E-state index in [0.29, 0.717) is 5.82 Å². The average Bonchev–Trinajstić information content (AvgIpc) is 3.23. The third-order valence-corrected chi connectivity index (χ3v) is 10.1. The van der Waals surface area contributed by atoms with Crippen LogP contribution >= 0.6 is 0 Å². The summed E-state index contributed by atoms with van der Waals surface area (Å²) in [5.74, 6) is 0.690. The van der Waals surface area contributed by atoms with Gasteiger partial charge in [-0.15, -0.1) is 0 Å². The van der Waals surface area contributed by atoms with Crippen molar-refractivity contribution in [2.45, 2.75) is 0 Å². The summed E-state index contributed by atoms with van der Waals surface area (Å²) in [7, 11) is 0. The Morgan fingerprint density at radius 2 is 0.885 bits per heavy atom. The summed E-state index contributed by atoms with van der Waals surface area (Å²) >= 11 is 0. The van der Waals surface area contributed by atoms with Crippen LogP contribution in [-0.2, 0) is 0 Å². The molecule has 0 unspecified atom stereocenters. The molecule has 0 radical (unpaired) electrons. The van der Waals surface area contributed by atoms with Crippen molar-refractivity contribution in [1.82, 2.24) is 15.0 Å². The van der Waals surface area contributed by atoms with Crippen LogP contribution in [0.5, 0.6) is 0 Å². The monoisotopic (exact) mass is 661 g/mol. The lowest BCUT2D eigenvalue weighted by Crippen LogP contribution is -1.97. The first-order chi connectivity index (χ1) is 25.8. The third-order valence-electron chi connectivity index (χ3n) is 10.1. The van der Waals surface area contributed by atoms with Crippen molar-refractivity contribution < 1.29 is 0 Å². The lowest BCUT2D eigenvalue weighted by atomic mass is 9.89. The molecular formula is C49H31N3. The van der Waals surface area contributed by atoms with Crippen molar-refractivity contribution in [3.05, 3.63) is 188 Å². The Hall–Kier alpha value is -6.97. The topological polar surface area (TPSA) is 38.7 Å². The third kappa shape index (κ3) is 5.19. The van der Waals surface area contributed by atoms with E-state index in [9.17, 15) is 0 Å². The van der Waals surface area contributed by atoms with Crippen molar-refractivity contribution in [3.63, 3.8) is 0 Å². The zero-order chi connectivity index (χ0) is 34.4. The van der Waals surface area contributed by atoms with Crippen LogP contribution in [0.3, 0.4) is 0 Å². The Bertz CT molecular complexity index is 2850. The van der Waals surface area contributed by atoms with Crippen LogP contribution in [0.2, 0.25) is 0 Å². The molecule has 0 aliphatic carbocycles. The van der Waals surface area contributed by atoms with E-state index < -0.39 is 0 Å². The largest absolute Gasteiger partial charge is 0.256 e. The molecule has 0 spiro atoms. The van der Waals surface area contributed by atoms with Gasteiger partial charge in [-0.25, -0.2) is 9.97 Å². The minimum Gasteiger partial charge on any atom is -0.256 e. The van der Waals surface area contributed by atoms with E-state index in [1.54, 1.807) is 0 Å². The highest BCUT2D eigenvalue weighted by atomic mass is 14.9. The predicted molar refractivity (Wildman–Crippen MR) is 216 cm³/mol. The van der Waals surface area contributed by atoms with E-state index >= 15 is 0 Å². The van der Waals surface area contributed by atoms with Crippen LogP contribution in [-0.4, -0.2) is 15.0 Å². The Balaban J connectivity index is 1.01. The quantitative estimate of drug-likeness (QED) is 0.166. The van der Waals surface area contributed by atoms with Gasteiger partial charge in [-0.2, -0.15) is 0 Å². The van der Waals surface area contributed by atoms with Crippen molar-refractivity contribution in [2.75, 3.05) is 0 Å². The van der Waals surface area contributed by atoms with Crippen LogP contribution in [0.1, 0.15) is 0 Å². The molecule has 2 aromatic heterocycles. The maximum Gasteiger partial charge on any atom is 0.160 e. The number of aromatic nitrogens is 3. The zero-order valence-electron chi connectivity index (χ0n) is 28.2. The molecule has 0 aliphatic heterocycles. The number of benzene rings is 8. The van der Waals surface area contributed by atoms with E-state index in [1.807, 2.05) is 48.7 Å². The average molecular weight is 662 g/mol. The summed E-state index contributed by atoms with van der Waals surface area (Å²) in [5, 5.41) is 7.84. The summed E-state index contributed by atoms with van der Waals surface area (Å²) in [6.45, 7) is 0. The summed E-state index contributed by atoms with van der Waals surface area (Å²) in [6.07, 6.45) is 1.83. The second-order valence-corrected chi connectivity index (χ2v) is 13.2. The highest BCUT2D eigenvalue weighted by molar-refractivity contribution is 6.25. The second kappa shape index (κ2) is 12.4. The maximum absolute atomic E-state index is 5.09. The van der Waals surface area contributed by atoms with Gasteiger partial charge in [-0.3, -0.25) is 4.98 Å². The molecular weight excluding hydrogens is 631 g/mol. The first-order valence-electron chi connectivity index (χ1n) is 17.6. The normalized spacial score (nSPS) is 11.5. The molecule has 0 amide bonds. The summed E-state index contributed by atoms with van der Waals surface area (Å²) in [4.78, 5) is 14.8. The molecule has 0 saturated heterocycles. The minimum atomic E-state index is 0.690. The molecule has 2 heterocycles. The van der Waals surface area contributed by atoms with Gasteiger partial charge < -0.3 is 0 Å². The fraction of sp³-hybridized carbons (Fsp3) is 0. The van der Waals surface area contributed by atoms with E-state index in [1.165, 1.54) is 49.0 Å². The molecule has 0 aliphatic rings. The van der Waals surface area contributed by atoms with E-state index in [-0.39, 0.29) is 0 Å². The number of hydrogen-bond donors (Lipinski definition) is 0. The molecule has 52 heavy (non-hydrogen) atoms. The van der Waals surface area contributed by atoms with Gasteiger partial charge in [0.1, 0.15) is 0 Å². The van der Waals surface area contributed by atoms with Crippen LogP contribution in [0, 0.1) is 0 Å². The predicted octanol–water partition coefficient (Wildman–Crippen LogP) is 12.8. The lowest BCUT2D eigenvalue weighted by molar-refractivity contribution is 1.18. The molecule has 0 atom stereocenters. The molecule has 242 valence electrons. The van der Waals surface area contributed by atoms with Crippen molar-refractivity contribution >= 4 is 32.3 Å². The van der Waals surface area contributed by atoms with Gasteiger partial charge in [0, 0.05) is 28.5 Å². The van der Waals surface area contributed by atoms with E-state index in [2.05, 4.69) is 145 Å². The van der Waals surface area contributed by atoms with Gasteiger partial charge in [-0.1, -0.05) is 164 Å². The SMILES string of the molecule is c1ccc(-c2nc(-c3ccc(-c4ccc(-c5ccc6ccc7cccc8ccc5c6c78)cc4)cc3)cc(-c3ccccc3-c3ccccn3)n2)cc1. The zero-order valence-corrected chi connectivity index (χ0v) is 28.2. The first-order valence-corrected chi connectivity index (χ1v) is 17.6. The number of nitrogens with zero attached hydrogens (tertiary/aromatic N) is 3. The molecule has 3 nitrogen and oxygen atoms in total. The molecule has 0 bridgehead atoms. The molecule has 8 aromatic carbocycles. The van der Waals surface area contributed by atoms with Crippen LogP contribution in [0.4, 0.5) is 0 Å². The standard InChI is InChI=1S/C49H31N3/c1-2-9-39(10-3-1)49-51-45(31-46(52-49)42-14-5-4-13-41(42)44-15-6-7-30-50-44)35-22-18-33(19-23-35)32-16-20-34(21-17-32)40-28-26-38-25-24-36-11-8-12-37-27-29-43(40)48(38)47(36)37/h1-31H. The Labute approximate surface area is 301 Å². The van der Waals surface area contributed by atoms with Gasteiger partial charge in [0.15, 0.2) is 5.82 Å². The Morgan fingerprint density at radius 1 is 0.308 bits per heavy atom. The molecule has 10 aromatic rings.